The van der Waals surface area contributed by atoms with Crippen LogP contribution in [0.1, 0.15) is 20.3 Å². The second-order valence-corrected chi connectivity index (χ2v) is 6.41. The Balaban J connectivity index is 1.56. The minimum absolute atomic E-state index is 0.673. The molecule has 1 saturated heterocycles. The second-order valence-electron chi connectivity index (χ2n) is 6.41. The molecule has 0 aromatic carbocycles. The average molecular weight is 327 g/mol. The van der Waals surface area contributed by atoms with Gasteiger partial charge < -0.3 is 15.1 Å². The highest BCUT2D eigenvalue weighted by Crippen LogP contribution is 2.16. The van der Waals surface area contributed by atoms with Crippen molar-refractivity contribution in [3.63, 3.8) is 0 Å². The summed E-state index contributed by atoms with van der Waals surface area (Å²) in [6.45, 7) is 8.89. The third-order valence-corrected chi connectivity index (χ3v) is 4.11. The maximum absolute atomic E-state index is 4.60. The van der Waals surface area contributed by atoms with Gasteiger partial charge in [-0.15, -0.1) is 5.10 Å². The van der Waals surface area contributed by atoms with E-state index in [9.17, 15) is 0 Å². The summed E-state index contributed by atoms with van der Waals surface area (Å²) in [5.41, 5.74) is 0. The van der Waals surface area contributed by atoms with Crippen molar-refractivity contribution in [1.29, 1.82) is 0 Å². The summed E-state index contributed by atoms with van der Waals surface area (Å²) in [4.78, 5) is 13.5. The largest absolute Gasteiger partial charge is 0.369 e. The van der Waals surface area contributed by atoms with E-state index in [4.69, 9.17) is 0 Å². The molecule has 1 aliphatic rings. The van der Waals surface area contributed by atoms with Gasteiger partial charge in [-0.2, -0.15) is 10.1 Å². The van der Waals surface area contributed by atoms with Crippen LogP contribution in [0.5, 0.6) is 0 Å². The van der Waals surface area contributed by atoms with Gasteiger partial charge in [0.2, 0.25) is 5.95 Å². The Labute approximate surface area is 143 Å². The van der Waals surface area contributed by atoms with Gasteiger partial charge in [0.05, 0.1) is 6.20 Å². The Morgan fingerprint density at radius 1 is 1.12 bits per heavy atom. The monoisotopic (exact) mass is 327 g/mol. The predicted molar refractivity (Wildman–Crippen MR) is 96.4 cm³/mol. The predicted octanol–water partition coefficient (Wildman–Crippen LogP) is 2.05. The van der Waals surface area contributed by atoms with Gasteiger partial charge in [-0.05, 0) is 24.5 Å². The van der Waals surface area contributed by atoms with E-state index in [1.807, 2.05) is 24.4 Å². The molecule has 0 saturated carbocycles. The highest BCUT2D eigenvalue weighted by atomic mass is 15.4. The van der Waals surface area contributed by atoms with Crippen LogP contribution in [0, 0.1) is 5.92 Å². The molecule has 3 heterocycles. The third-order valence-electron chi connectivity index (χ3n) is 4.11. The molecule has 128 valence electrons. The van der Waals surface area contributed by atoms with E-state index in [1.54, 1.807) is 6.20 Å². The van der Waals surface area contributed by atoms with Gasteiger partial charge in [-0.1, -0.05) is 19.9 Å². The quantitative estimate of drug-likeness (QED) is 0.870. The molecule has 0 bridgehead atoms. The summed E-state index contributed by atoms with van der Waals surface area (Å²) in [5.74, 6) is 3.20. The minimum atomic E-state index is 0.673. The first-order valence-corrected chi connectivity index (χ1v) is 8.57. The van der Waals surface area contributed by atoms with Crippen molar-refractivity contribution in [2.75, 3.05) is 47.8 Å². The number of piperazine rings is 1. The second kappa shape index (κ2) is 7.90. The van der Waals surface area contributed by atoms with Crippen molar-refractivity contribution in [2.24, 2.45) is 5.92 Å². The van der Waals surface area contributed by atoms with Crippen LogP contribution in [0.25, 0.3) is 0 Å². The summed E-state index contributed by atoms with van der Waals surface area (Å²) in [6, 6.07) is 6.01. The van der Waals surface area contributed by atoms with Crippen molar-refractivity contribution in [3.05, 3.63) is 30.6 Å². The Morgan fingerprint density at radius 2 is 1.92 bits per heavy atom. The fourth-order valence-corrected chi connectivity index (χ4v) is 2.68. The van der Waals surface area contributed by atoms with Gasteiger partial charge in [-0.25, -0.2) is 4.98 Å². The molecule has 0 amide bonds. The lowest BCUT2D eigenvalue weighted by Gasteiger charge is -2.35. The zero-order valence-corrected chi connectivity index (χ0v) is 14.4. The molecule has 3 rings (SSSR count). The zero-order valence-electron chi connectivity index (χ0n) is 14.4. The van der Waals surface area contributed by atoms with E-state index < -0.39 is 0 Å². The molecule has 0 spiro atoms. The fourth-order valence-electron chi connectivity index (χ4n) is 2.68. The maximum Gasteiger partial charge on any atom is 0.247 e. The average Bonchev–Trinajstić information content (AvgIpc) is 2.63. The van der Waals surface area contributed by atoms with Crippen LogP contribution in [-0.4, -0.2) is 52.9 Å². The molecule has 0 radical (unpaired) electrons. The number of nitrogens with zero attached hydrogens (tertiary/aromatic N) is 6. The van der Waals surface area contributed by atoms with E-state index in [2.05, 4.69) is 49.1 Å². The van der Waals surface area contributed by atoms with Crippen LogP contribution in [0.4, 0.5) is 17.6 Å². The van der Waals surface area contributed by atoms with Crippen LogP contribution in [0.2, 0.25) is 0 Å². The standard InChI is InChI=1S/C17H25N7/c1-14(2)6-8-18-15-13-20-22-17(21-15)24-11-9-23(10-12-24)16-5-3-4-7-19-16/h3-5,7,13-14H,6,8-12H2,1-2H3,(H,18,21,22). The Hall–Kier alpha value is -2.44. The summed E-state index contributed by atoms with van der Waals surface area (Å²) < 4.78 is 0. The summed E-state index contributed by atoms with van der Waals surface area (Å²) in [7, 11) is 0. The van der Waals surface area contributed by atoms with Gasteiger partial charge in [0, 0.05) is 38.9 Å². The topological polar surface area (TPSA) is 70.1 Å². The van der Waals surface area contributed by atoms with Gasteiger partial charge in [0.1, 0.15) is 5.82 Å². The number of aromatic nitrogens is 4. The summed E-state index contributed by atoms with van der Waals surface area (Å²) >= 11 is 0. The molecule has 0 unspecified atom stereocenters. The Morgan fingerprint density at radius 3 is 2.62 bits per heavy atom. The first kappa shape index (κ1) is 16.4. The van der Waals surface area contributed by atoms with Gasteiger partial charge in [-0.3, -0.25) is 0 Å². The molecule has 2 aromatic rings. The molecule has 24 heavy (non-hydrogen) atoms. The first-order chi connectivity index (χ1) is 11.7. The Kier molecular flexibility index (Phi) is 5.40. The summed E-state index contributed by atoms with van der Waals surface area (Å²) in [5, 5.41) is 11.6. The number of rotatable bonds is 6. The molecular weight excluding hydrogens is 302 g/mol. The van der Waals surface area contributed by atoms with Gasteiger partial charge in [0.25, 0.3) is 0 Å². The molecule has 2 aromatic heterocycles. The molecule has 7 heteroatoms. The molecule has 1 aliphatic heterocycles. The number of anilines is 3. The maximum atomic E-state index is 4.60. The lowest BCUT2D eigenvalue weighted by molar-refractivity contribution is 0.605. The normalized spacial score (nSPS) is 15.0. The van der Waals surface area contributed by atoms with E-state index in [1.165, 1.54) is 0 Å². The molecular formula is C17H25N7. The van der Waals surface area contributed by atoms with E-state index in [-0.39, 0.29) is 0 Å². The van der Waals surface area contributed by atoms with Crippen molar-refractivity contribution in [1.82, 2.24) is 20.2 Å². The van der Waals surface area contributed by atoms with E-state index >= 15 is 0 Å². The SMILES string of the molecule is CC(C)CCNc1cnnc(N2CCN(c3ccccn3)CC2)n1. The van der Waals surface area contributed by atoms with Crippen molar-refractivity contribution >= 4 is 17.6 Å². The molecule has 0 atom stereocenters. The van der Waals surface area contributed by atoms with Gasteiger partial charge >= 0.3 is 0 Å². The van der Waals surface area contributed by atoms with Crippen LogP contribution in [0.15, 0.2) is 30.6 Å². The lowest BCUT2D eigenvalue weighted by Crippen LogP contribution is -2.47. The zero-order chi connectivity index (χ0) is 16.8. The number of hydrogen-bond acceptors (Lipinski definition) is 7. The Bertz CT molecular complexity index is 624. The highest BCUT2D eigenvalue weighted by Gasteiger charge is 2.20. The summed E-state index contributed by atoms with van der Waals surface area (Å²) in [6.07, 6.45) is 4.64. The lowest BCUT2D eigenvalue weighted by atomic mass is 10.1. The number of hydrogen-bond donors (Lipinski definition) is 1. The highest BCUT2D eigenvalue weighted by molar-refractivity contribution is 5.43. The van der Waals surface area contributed by atoms with Gasteiger partial charge in [0.15, 0.2) is 5.82 Å². The molecule has 1 fully saturated rings. The number of pyridine rings is 1. The number of nitrogens with one attached hydrogen (secondary N) is 1. The van der Waals surface area contributed by atoms with Crippen LogP contribution < -0.4 is 15.1 Å². The first-order valence-electron chi connectivity index (χ1n) is 8.57. The van der Waals surface area contributed by atoms with Crippen molar-refractivity contribution in [3.8, 4) is 0 Å². The van der Waals surface area contributed by atoms with Crippen LogP contribution in [0.3, 0.4) is 0 Å². The van der Waals surface area contributed by atoms with Crippen molar-refractivity contribution in [2.45, 2.75) is 20.3 Å². The van der Waals surface area contributed by atoms with Crippen molar-refractivity contribution < 1.29 is 0 Å². The molecule has 7 nitrogen and oxygen atoms in total. The van der Waals surface area contributed by atoms with E-state index in [0.29, 0.717) is 11.9 Å². The van der Waals surface area contributed by atoms with E-state index in [0.717, 1.165) is 50.8 Å². The van der Waals surface area contributed by atoms with Crippen LogP contribution >= 0.6 is 0 Å². The smallest absolute Gasteiger partial charge is 0.247 e. The fraction of sp³-hybridized carbons (Fsp3) is 0.529. The third kappa shape index (κ3) is 4.31. The molecule has 1 N–H and O–H groups in total. The van der Waals surface area contributed by atoms with Crippen LogP contribution in [-0.2, 0) is 0 Å². The molecule has 0 aliphatic carbocycles. The minimum Gasteiger partial charge on any atom is -0.369 e.